The summed E-state index contributed by atoms with van der Waals surface area (Å²) in [5.41, 5.74) is 25.1. The largest absolute Gasteiger partial charge is 0.309 e. The van der Waals surface area contributed by atoms with Crippen LogP contribution in [0.2, 0.25) is 0 Å². The molecule has 12 rings (SSSR count). The summed E-state index contributed by atoms with van der Waals surface area (Å²) < 4.78 is 0. The average molecular weight is 808 g/mol. The van der Waals surface area contributed by atoms with Crippen LogP contribution in [0.4, 0.5) is 17.1 Å². The second kappa shape index (κ2) is 13.6. The van der Waals surface area contributed by atoms with Crippen molar-refractivity contribution in [1.29, 1.82) is 0 Å². The first-order valence-corrected chi connectivity index (χ1v) is 22.4. The van der Waals surface area contributed by atoms with Crippen molar-refractivity contribution < 1.29 is 0 Å². The molecule has 1 heteroatoms. The summed E-state index contributed by atoms with van der Waals surface area (Å²) >= 11 is 0. The molecule has 9 aromatic rings. The molecule has 302 valence electrons. The lowest BCUT2D eigenvalue weighted by molar-refractivity contribution is 0.660. The zero-order valence-electron chi connectivity index (χ0n) is 36.6. The molecule has 63 heavy (non-hydrogen) atoms. The molecule has 0 N–H and O–H groups in total. The van der Waals surface area contributed by atoms with E-state index in [9.17, 15) is 0 Å². The van der Waals surface area contributed by atoms with Crippen LogP contribution in [0.3, 0.4) is 0 Å². The van der Waals surface area contributed by atoms with Crippen LogP contribution in [0.25, 0.3) is 55.6 Å². The number of rotatable bonds is 6. The van der Waals surface area contributed by atoms with Gasteiger partial charge in [-0.25, -0.2) is 0 Å². The quantitative estimate of drug-likeness (QED) is 0.162. The molecule has 9 aromatic carbocycles. The molecule has 0 radical (unpaired) electrons. The highest BCUT2D eigenvalue weighted by Gasteiger charge is 2.42. The van der Waals surface area contributed by atoms with E-state index in [2.05, 4.69) is 246 Å². The highest BCUT2D eigenvalue weighted by Crippen LogP contribution is 2.58. The Kier molecular flexibility index (Phi) is 8.13. The van der Waals surface area contributed by atoms with E-state index in [1.54, 1.807) is 0 Å². The van der Waals surface area contributed by atoms with E-state index in [0.717, 1.165) is 17.1 Å². The molecule has 0 aliphatic heterocycles. The molecule has 3 aliphatic carbocycles. The lowest BCUT2D eigenvalue weighted by Crippen LogP contribution is -2.23. The lowest BCUT2D eigenvalue weighted by Gasteiger charge is -2.33. The number of nitrogens with zero attached hydrogens (tertiary/aromatic N) is 1. The fraction of sp³-hybridized carbons (Fsp3) is 0.129. The highest BCUT2D eigenvalue weighted by molar-refractivity contribution is 6.01. The minimum Gasteiger partial charge on any atom is -0.309 e. The molecule has 0 spiro atoms. The standard InChI is InChI=1S/C62H49N/c1-60(2)52-32-15-11-27-50(52)58-47(28-20-34-54(58)60)45-25-12-17-35-56(45)63(41-37-38-44-42-23-10-16-33-53(42)62(5,55(44)39-41)40-21-7-6-8-22-40)57-36-18-13-26-46(57)49-30-19-29-48-43-24-9-14-31-51(43)61(3,4)59(48)49/h6-39H,1-5H3. The Labute approximate surface area is 372 Å². The Morgan fingerprint density at radius 3 is 1.43 bits per heavy atom. The molecule has 0 fully saturated rings. The first-order valence-electron chi connectivity index (χ1n) is 22.4. The third-order valence-corrected chi connectivity index (χ3v) is 15.0. The van der Waals surface area contributed by atoms with Gasteiger partial charge in [-0.15, -0.1) is 0 Å². The Balaban J connectivity index is 1.14. The summed E-state index contributed by atoms with van der Waals surface area (Å²) in [5, 5.41) is 0. The van der Waals surface area contributed by atoms with Gasteiger partial charge in [0.1, 0.15) is 0 Å². The zero-order chi connectivity index (χ0) is 42.7. The predicted octanol–water partition coefficient (Wildman–Crippen LogP) is 16.4. The summed E-state index contributed by atoms with van der Waals surface area (Å²) in [6.45, 7) is 12.0. The summed E-state index contributed by atoms with van der Waals surface area (Å²) in [4.78, 5) is 2.57. The Morgan fingerprint density at radius 2 is 0.746 bits per heavy atom. The fourth-order valence-corrected chi connectivity index (χ4v) is 12.0. The van der Waals surface area contributed by atoms with Gasteiger partial charge in [-0.3, -0.25) is 0 Å². The second-order valence-corrected chi connectivity index (χ2v) is 18.9. The number of hydrogen-bond donors (Lipinski definition) is 0. The van der Waals surface area contributed by atoms with Crippen molar-refractivity contribution in [2.45, 2.75) is 50.9 Å². The van der Waals surface area contributed by atoms with Crippen LogP contribution in [-0.4, -0.2) is 0 Å². The molecule has 1 atom stereocenters. The van der Waals surface area contributed by atoms with Gasteiger partial charge in [0, 0.05) is 33.1 Å². The Morgan fingerprint density at radius 1 is 0.302 bits per heavy atom. The van der Waals surface area contributed by atoms with E-state index in [1.807, 2.05) is 0 Å². The molecule has 0 amide bonds. The highest BCUT2D eigenvalue weighted by atomic mass is 15.1. The van der Waals surface area contributed by atoms with Crippen molar-refractivity contribution in [3.8, 4) is 55.6 Å². The third-order valence-electron chi connectivity index (χ3n) is 15.0. The van der Waals surface area contributed by atoms with E-state index in [1.165, 1.54) is 94.6 Å². The van der Waals surface area contributed by atoms with E-state index in [0.29, 0.717) is 0 Å². The normalized spacial score (nSPS) is 16.7. The van der Waals surface area contributed by atoms with Crippen LogP contribution in [0.15, 0.2) is 206 Å². The minimum atomic E-state index is -0.348. The molecular formula is C62H49N. The molecule has 3 aliphatic rings. The van der Waals surface area contributed by atoms with Gasteiger partial charge < -0.3 is 4.90 Å². The van der Waals surface area contributed by atoms with Crippen LogP contribution < -0.4 is 4.90 Å². The smallest absolute Gasteiger partial charge is 0.0540 e. The van der Waals surface area contributed by atoms with Gasteiger partial charge >= 0.3 is 0 Å². The van der Waals surface area contributed by atoms with Crippen LogP contribution in [0, 0.1) is 0 Å². The number of fused-ring (bicyclic) bond motifs is 9. The van der Waals surface area contributed by atoms with Gasteiger partial charge in [-0.1, -0.05) is 210 Å². The van der Waals surface area contributed by atoms with Crippen LogP contribution >= 0.6 is 0 Å². The van der Waals surface area contributed by atoms with Crippen LogP contribution in [-0.2, 0) is 16.2 Å². The number of hydrogen-bond acceptors (Lipinski definition) is 1. The zero-order valence-corrected chi connectivity index (χ0v) is 36.6. The molecule has 1 nitrogen and oxygen atoms in total. The lowest BCUT2D eigenvalue weighted by atomic mass is 9.74. The second-order valence-electron chi connectivity index (χ2n) is 18.9. The van der Waals surface area contributed by atoms with Crippen molar-refractivity contribution in [2.75, 3.05) is 4.90 Å². The van der Waals surface area contributed by atoms with Crippen molar-refractivity contribution >= 4 is 17.1 Å². The van der Waals surface area contributed by atoms with Gasteiger partial charge in [0.25, 0.3) is 0 Å². The topological polar surface area (TPSA) is 3.24 Å². The van der Waals surface area contributed by atoms with Crippen molar-refractivity contribution in [3.05, 3.63) is 245 Å². The van der Waals surface area contributed by atoms with Gasteiger partial charge in [-0.05, 0) is 115 Å². The Bertz CT molecular complexity index is 3310. The minimum absolute atomic E-state index is 0.113. The van der Waals surface area contributed by atoms with Crippen LogP contribution in [0.5, 0.6) is 0 Å². The molecular weight excluding hydrogens is 759 g/mol. The molecule has 0 aromatic heterocycles. The van der Waals surface area contributed by atoms with Gasteiger partial charge in [0.15, 0.2) is 0 Å². The van der Waals surface area contributed by atoms with Gasteiger partial charge in [0.05, 0.1) is 11.4 Å². The number of anilines is 3. The molecule has 0 bridgehead atoms. The maximum Gasteiger partial charge on any atom is 0.0540 e. The predicted molar refractivity (Wildman–Crippen MR) is 265 cm³/mol. The monoisotopic (exact) mass is 807 g/mol. The maximum absolute atomic E-state index is 2.57. The van der Waals surface area contributed by atoms with Crippen molar-refractivity contribution in [1.82, 2.24) is 0 Å². The van der Waals surface area contributed by atoms with Crippen LogP contribution in [0.1, 0.15) is 73.6 Å². The van der Waals surface area contributed by atoms with Gasteiger partial charge in [0.2, 0.25) is 0 Å². The molecule has 1 unspecified atom stereocenters. The first-order chi connectivity index (χ1) is 30.7. The van der Waals surface area contributed by atoms with E-state index in [-0.39, 0.29) is 16.2 Å². The SMILES string of the molecule is CC1(C)c2ccccc2-c2c(-c3ccccc3N(c3ccc4c(c3)C(C)(c3ccccc3)c3ccccc3-4)c3ccccc3-c3cccc4c3C(C)(C)c3ccccc3-4)cccc21. The fourth-order valence-electron chi connectivity index (χ4n) is 12.0. The summed E-state index contributed by atoms with van der Waals surface area (Å²) in [7, 11) is 0. The third kappa shape index (κ3) is 5.23. The maximum atomic E-state index is 2.57. The molecule has 0 saturated carbocycles. The molecule has 0 saturated heterocycles. The average Bonchev–Trinajstić information content (AvgIpc) is 3.84. The summed E-state index contributed by atoms with van der Waals surface area (Å²) in [6, 6.07) is 77.4. The Hall–Kier alpha value is -7.22. The number of para-hydroxylation sites is 2. The summed E-state index contributed by atoms with van der Waals surface area (Å²) in [6.07, 6.45) is 0. The van der Waals surface area contributed by atoms with E-state index in [4.69, 9.17) is 0 Å². The van der Waals surface area contributed by atoms with Gasteiger partial charge in [-0.2, -0.15) is 0 Å². The van der Waals surface area contributed by atoms with E-state index >= 15 is 0 Å². The van der Waals surface area contributed by atoms with E-state index < -0.39 is 0 Å². The van der Waals surface area contributed by atoms with Crippen molar-refractivity contribution in [2.24, 2.45) is 0 Å². The first kappa shape index (κ1) is 37.5. The molecule has 0 heterocycles. The number of benzene rings is 9. The summed E-state index contributed by atoms with van der Waals surface area (Å²) in [5.74, 6) is 0. The van der Waals surface area contributed by atoms with Crippen molar-refractivity contribution in [3.63, 3.8) is 0 Å².